The molecule has 1 aromatic heterocycles. The Kier molecular flexibility index (Phi) is 6.52. The molecule has 0 aliphatic heterocycles. The Morgan fingerprint density at radius 3 is 2.40 bits per heavy atom. The van der Waals surface area contributed by atoms with Gasteiger partial charge in [0.2, 0.25) is 5.91 Å². The maximum Gasteiger partial charge on any atom is 0.251 e. The van der Waals surface area contributed by atoms with E-state index >= 15 is 0 Å². The molecule has 2 N–H and O–H groups in total. The van der Waals surface area contributed by atoms with Gasteiger partial charge in [0.25, 0.3) is 5.91 Å². The Morgan fingerprint density at radius 2 is 1.76 bits per heavy atom. The molecule has 0 aliphatic rings. The lowest BCUT2D eigenvalue weighted by molar-refractivity contribution is -0.113. The van der Waals surface area contributed by atoms with Crippen LogP contribution in [0.1, 0.15) is 34.2 Å². The van der Waals surface area contributed by atoms with Crippen LogP contribution in [0.3, 0.4) is 0 Å². The van der Waals surface area contributed by atoms with E-state index < -0.39 is 0 Å². The van der Waals surface area contributed by atoms with Gasteiger partial charge >= 0.3 is 0 Å². The highest BCUT2D eigenvalue weighted by atomic mass is 32.2. The van der Waals surface area contributed by atoms with Crippen molar-refractivity contribution in [3.8, 4) is 0 Å². The molecule has 1 heterocycles. The summed E-state index contributed by atoms with van der Waals surface area (Å²) in [5.41, 5.74) is 3.81. The van der Waals surface area contributed by atoms with Crippen LogP contribution in [0.5, 0.6) is 0 Å². The first kappa shape index (κ1) is 18.9. The molecule has 0 atom stereocenters. The van der Waals surface area contributed by atoms with Crippen molar-refractivity contribution >= 4 is 29.3 Å². The number of thioether (sulfide) groups is 1. The summed E-state index contributed by atoms with van der Waals surface area (Å²) >= 11 is 1.29. The van der Waals surface area contributed by atoms with Crippen LogP contribution in [0.4, 0.5) is 5.69 Å². The average molecular weight is 358 g/mol. The minimum atomic E-state index is -0.163. The standard InChI is InChI=1S/C18H22N4O2S/c1-5-19-17(24)14-7-6-11(2)15(9-14)22-16(23)10-25-18-20-12(3)8-13(4)21-18/h6-9H,5,10H2,1-4H3,(H,19,24)(H,22,23). The molecule has 2 amide bonds. The monoisotopic (exact) mass is 358 g/mol. The van der Waals surface area contributed by atoms with E-state index in [0.29, 0.717) is 23.0 Å². The fourth-order valence-corrected chi connectivity index (χ4v) is 2.98. The molecule has 132 valence electrons. The first-order valence-corrected chi connectivity index (χ1v) is 9.01. The van der Waals surface area contributed by atoms with E-state index in [1.807, 2.05) is 39.8 Å². The molecule has 0 unspecified atom stereocenters. The number of nitrogens with one attached hydrogen (secondary N) is 2. The molecule has 0 spiro atoms. The highest BCUT2D eigenvalue weighted by molar-refractivity contribution is 7.99. The summed E-state index contributed by atoms with van der Waals surface area (Å²) in [6, 6.07) is 7.14. The van der Waals surface area contributed by atoms with Crippen LogP contribution in [0.2, 0.25) is 0 Å². The minimum absolute atomic E-state index is 0.156. The molecule has 0 aliphatic carbocycles. The summed E-state index contributed by atoms with van der Waals surface area (Å²) in [7, 11) is 0. The van der Waals surface area contributed by atoms with Gasteiger partial charge in [0.05, 0.1) is 5.75 Å². The van der Waals surface area contributed by atoms with Crippen LogP contribution in [-0.4, -0.2) is 34.1 Å². The predicted molar refractivity (Wildman–Crippen MR) is 100 cm³/mol. The van der Waals surface area contributed by atoms with Gasteiger partial charge in [-0.3, -0.25) is 9.59 Å². The molecule has 25 heavy (non-hydrogen) atoms. The van der Waals surface area contributed by atoms with Crippen LogP contribution in [0.25, 0.3) is 0 Å². The van der Waals surface area contributed by atoms with Crippen LogP contribution in [-0.2, 0) is 4.79 Å². The molecule has 0 saturated carbocycles. The quantitative estimate of drug-likeness (QED) is 0.613. The lowest BCUT2D eigenvalue weighted by Crippen LogP contribution is -2.23. The predicted octanol–water partition coefficient (Wildman–Crippen LogP) is 2.88. The third kappa shape index (κ3) is 5.56. The van der Waals surface area contributed by atoms with E-state index in [2.05, 4.69) is 20.6 Å². The molecule has 7 heteroatoms. The first-order chi connectivity index (χ1) is 11.9. The minimum Gasteiger partial charge on any atom is -0.352 e. The number of benzene rings is 1. The van der Waals surface area contributed by atoms with Gasteiger partial charge in [0.15, 0.2) is 5.16 Å². The molecule has 6 nitrogen and oxygen atoms in total. The van der Waals surface area contributed by atoms with E-state index in [4.69, 9.17) is 0 Å². The number of hydrogen-bond acceptors (Lipinski definition) is 5. The van der Waals surface area contributed by atoms with Crippen LogP contribution in [0, 0.1) is 20.8 Å². The van der Waals surface area contributed by atoms with E-state index in [0.717, 1.165) is 17.0 Å². The molecule has 0 bridgehead atoms. The number of carbonyl (C=O) groups excluding carboxylic acids is 2. The third-order valence-corrected chi connectivity index (χ3v) is 4.25. The molecule has 0 fully saturated rings. The van der Waals surface area contributed by atoms with Gasteiger partial charge in [-0.1, -0.05) is 17.8 Å². The second-order valence-electron chi connectivity index (χ2n) is 5.66. The Morgan fingerprint density at radius 1 is 1.08 bits per heavy atom. The Labute approximate surface area is 151 Å². The normalized spacial score (nSPS) is 10.4. The van der Waals surface area contributed by atoms with Crippen LogP contribution < -0.4 is 10.6 Å². The number of nitrogens with zero attached hydrogens (tertiary/aromatic N) is 2. The van der Waals surface area contributed by atoms with Gasteiger partial charge < -0.3 is 10.6 Å². The Balaban J connectivity index is 2.02. The summed E-state index contributed by atoms with van der Waals surface area (Å²) in [6.07, 6.45) is 0. The van der Waals surface area contributed by atoms with E-state index in [-0.39, 0.29) is 17.6 Å². The molecular weight excluding hydrogens is 336 g/mol. The highest BCUT2D eigenvalue weighted by Crippen LogP contribution is 2.19. The summed E-state index contributed by atoms with van der Waals surface area (Å²) < 4.78 is 0. The van der Waals surface area contributed by atoms with Crippen molar-refractivity contribution < 1.29 is 9.59 Å². The SMILES string of the molecule is CCNC(=O)c1ccc(C)c(NC(=O)CSc2nc(C)cc(C)n2)c1. The van der Waals surface area contributed by atoms with Crippen LogP contribution in [0.15, 0.2) is 29.4 Å². The molecule has 2 aromatic rings. The molecular formula is C18H22N4O2S. The zero-order valence-electron chi connectivity index (χ0n) is 14.8. The van der Waals surface area contributed by atoms with Gasteiger partial charge in [-0.25, -0.2) is 9.97 Å². The number of rotatable bonds is 6. The van der Waals surface area contributed by atoms with Crippen LogP contribution >= 0.6 is 11.8 Å². The number of amides is 2. The number of aromatic nitrogens is 2. The van der Waals surface area contributed by atoms with Crippen molar-refractivity contribution in [3.05, 3.63) is 46.8 Å². The number of aryl methyl sites for hydroxylation is 3. The summed E-state index contributed by atoms with van der Waals surface area (Å²) in [4.78, 5) is 32.8. The van der Waals surface area contributed by atoms with Crippen molar-refractivity contribution in [1.29, 1.82) is 0 Å². The molecule has 0 radical (unpaired) electrons. The largest absolute Gasteiger partial charge is 0.352 e. The highest BCUT2D eigenvalue weighted by Gasteiger charge is 2.11. The van der Waals surface area contributed by atoms with Gasteiger partial charge in [0, 0.05) is 29.2 Å². The molecule has 2 rings (SSSR count). The zero-order chi connectivity index (χ0) is 18.4. The fraction of sp³-hybridized carbons (Fsp3) is 0.333. The second kappa shape index (κ2) is 8.62. The van der Waals surface area contributed by atoms with Crippen molar-refractivity contribution in [1.82, 2.24) is 15.3 Å². The van der Waals surface area contributed by atoms with Gasteiger partial charge in [-0.15, -0.1) is 0 Å². The van der Waals surface area contributed by atoms with Crippen molar-refractivity contribution in [2.24, 2.45) is 0 Å². The zero-order valence-corrected chi connectivity index (χ0v) is 15.7. The number of anilines is 1. The van der Waals surface area contributed by atoms with Gasteiger partial charge in [0.1, 0.15) is 0 Å². The Hall–Kier alpha value is -2.41. The fourth-order valence-electron chi connectivity index (χ4n) is 2.24. The van der Waals surface area contributed by atoms with E-state index in [1.54, 1.807) is 12.1 Å². The Bertz CT molecular complexity index is 772. The van der Waals surface area contributed by atoms with E-state index in [9.17, 15) is 9.59 Å². The maximum atomic E-state index is 12.2. The molecule has 1 aromatic carbocycles. The second-order valence-corrected chi connectivity index (χ2v) is 6.60. The van der Waals surface area contributed by atoms with Crippen molar-refractivity contribution in [3.63, 3.8) is 0 Å². The summed E-state index contributed by atoms with van der Waals surface area (Å²) in [5.74, 6) is -0.117. The average Bonchev–Trinajstić information content (AvgIpc) is 2.54. The topological polar surface area (TPSA) is 84.0 Å². The number of hydrogen-bond donors (Lipinski definition) is 2. The van der Waals surface area contributed by atoms with Gasteiger partial charge in [-0.05, 0) is 51.5 Å². The van der Waals surface area contributed by atoms with Crippen molar-refractivity contribution in [2.45, 2.75) is 32.9 Å². The lowest BCUT2D eigenvalue weighted by atomic mass is 10.1. The molecule has 0 saturated heterocycles. The smallest absolute Gasteiger partial charge is 0.251 e. The first-order valence-electron chi connectivity index (χ1n) is 8.03. The number of carbonyl (C=O) groups is 2. The maximum absolute atomic E-state index is 12.2. The van der Waals surface area contributed by atoms with Crippen molar-refractivity contribution in [2.75, 3.05) is 17.6 Å². The van der Waals surface area contributed by atoms with E-state index in [1.165, 1.54) is 11.8 Å². The van der Waals surface area contributed by atoms with Gasteiger partial charge in [-0.2, -0.15) is 0 Å². The third-order valence-electron chi connectivity index (χ3n) is 3.41. The summed E-state index contributed by atoms with van der Waals surface area (Å²) in [6.45, 7) is 8.10. The lowest BCUT2D eigenvalue weighted by Gasteiger charge is -2.10. The summed E-state index contributed by atoms with van der Waals surface area (Å²) in [5, 5.41) is 6.18.